The molecule has 9 heteroatoms. The van der Waals surface area contributed by atoms with Gasteiger partial charge in [-0.25, -0.2) is 13.4 Å². The third kappa shape index (κ3) is 5.63. The Morgan fingerprint density at radius 3 is 2.61 bits per heavy atom. The number of thiocarbonyl (C=S) groups is 1. The summed E-state index contributed by atoms with van der Waals surface area (Å²) >= 11 is 5.25. The van der Waals surface area contributed by atoms with Crippen molar-refractivity contribution >= 4 is 38.9 Å². The number of sulfonamides is 1. The van der Waals surface area contributed by atoms with Crippen molar-refractivity contribution < 1.29 is 8.42 Å². The zero-order valence-electron chi connectivity index (χ0n) is 15.8. The van der Waals surface area contributed by atoms with Crippen molar-refractivity contribution in [2.45, 2.75) is 6.92 Å². The highest BCUT2D eigenvalue weighted by atomic mass is 32.2. The molecule has 3 rings (SSSR count). The van der Waals surface area contributed by atoms with Gasteiger partial charge in [0.05, 0.1) is 5.75 Å². The number of aryl methyl sites for hydroxylation is 1. The quantitative estimate of drug-likeness (QED) is 0.692. The molecule has 1 saturated heterocycles. The van der Waals surface area contributed by atoms with E-state index in [0.29, 0.717) is 31.3 Å². The van der Waals surface area contributed by atoms with E-state index in [1.54, 1.807) is 10.5 Å². The maximum absolute atomic E-state index is 12.6. The molecule has 2 heterocycles. The number of hydrogen-bond acceptors (Lipinski definition) is 5. The van der Waals surface area contributed by atoms with Crippen LogP contribution in [0.5, 0.6) is 0 Å². The molecule has 2 aromatic rings. The number of piperazine rings is 1. The number of hydrogen-bond donors (Lipinski definition) is 2. The average molecular weight is 420 g/mol. The maximum atomic E-state index is 12.6. The van der Waals surface area contributed by atoms with Crippen LogP contribution in [-0.2, 0) is 10.0 Å². The fraction of sp³-hybridized carbons (Fsp3) is 0.368. The van der Waals surface area contributed by atoms with E-state index in [0.717, 1.165) is 17.1 Å². The molecule has 2 N–H and O–H groups in total. The van der Waals surface area contributed by atoms with Crippen LogP contribution in [-0.4, -0.2) is 61.3 Å². The SMILES string of the molecule is Cc1cccc(NC(=S)NCCS(=O)(=O)N2CCN(c3ccccn3)CC2)c1. The lowest BCUT2D eigenvalue weighted by molar-refractivity contribution is 0.384. The molecule has 0 amide bonds. The van der Waals surface area contributed by atoms with E-state index < -0.39 is 10.0 Å². The third-order valence-corrected chi connectivity index (χ3v) is 6.65. The van der Waals surface area contributed by atoms with Crippen molar-refractivity contribution in [1.29, 1.82) is 0 Å². The first-order chi connectivity index (χ1) is 13.4. The van der Waals surface area contributed by atoms with Crippen LogP contribution in [0, 0.1) is 6.92 Å². The van der Waals surface area contributed by atoms with Crippen LogP contribution in [0.1, 0.15) is 5.56 Å². The number of rotatable bonds is 6. The molecule has 7 nitrogen and oxygen atoms in total. The first kappa shape index (κ1) is 20.5. The molecule has 1 aromatic carbocycles. The summed E-state index contributed by atoms with van der Waals surface area (Å²) in [6, 6.07) is 13.6. The second-order valence-electron chi connectivity index (χ2n) is 6.64. The van der Waals surface area contributed by atoms with Gasteiger partial charge in [0.15, 0.2) is 5.11 Å². The van der Waals surface area contributed by atoms with Gasteiger partial charge in [-0.3, -0.25) is 0 Å². The lowest BCUT2D eigenvalue weighted by atomic mass is 10.2. The van der Waals surface area contributed by atoms with Crippen LogP contribution >= 0.6 is 12.2 Å². The summed E-state index contributed by atoms with van der Waals surface area (Å²) in [5, 5.41) is 6.46. The Morgan fingerprint density at radius 1 is 1.14 bits per heavy atom. The third-order valence-electron chi connectivity index (χ3n) is 4.53. The largest absolute Gasteiger partial charge is 0.361 e. The molecule has 1 aromatic heterocycles. The topological polar surface area (TPSA) is 77.6 Å². The monoisotopic (exact) mass is 419 g/mol. The minimum Gasteiger partial charge on any atom is -0.361 e. The van der Waals surface area contributed by atoms with E-state index >= 15 is 0 Å². The van der Waals surface area contributed by atoms with E-state index in [2.05, 4.69) is 20.5 Å². The molecule has 0 spiro atoms. The van der Waals surface area contributed by atoms with Crippen molar-refractivity contribution in [3.05, 3.63) is 54.2 Å². The number of nitrogens with zero attached hydrogens (tertiary/aromatic N) is 3. The summed E-state index contributed by atoms with van der Waals surface area (Å²) in [5.74, 6) is 0.889. The molecule has 1 aliphatic heterocycles. The average Bonchev–Trinajstić information content (AvgIpc) is 2.68. The normalized spacial score (nSPS) is 15.2. The fourth-order valence-corrected chi connectivity index (χ4v) is 4.61. The van der Waals surface area contributed by atoms with Crippen molar-refractivity contribution in [3.8, 4) is 0 Å². The molecular formula is C19H25N5O2S2. The van der Waals surface area contributed by atoms with Gasteiger partial charge in [-0.1, -0.05) is 18.2 Å². The molecule has 28 heavy (non-hydrogen) atoms. The summed E-state index contributed by atoms with van der Waals surface area (Å²) in [5.41, 5.74) is 2.01. The van der Waals surface area contributed by atoms with Crippen LogP contribution in [0.3, 0.4) is 0 Å². The predicted octanol–water partition coefficient (Wildman–Crippen LogP) is 1.83. The van der Waals surface area contributed by atoms with E-state index in [1.165, 1.54) is 0 Å². The van der Waals surface area contributed by atoms with Gasteiger partial charge in [0.25, 0.3) is 0 Å². The van der Waals surface area contributed by atoms with Crippen molar-refractivity contribution in [2.75, 3.05) is 48.7 Å². The summed E-state index contributed by atoms with van der Waals surface area (Å²) in [7, 11) is -3.33. The zero-order chi connectivity index (χ0) is 20.0. The Morgan fingerprint density at radius 2 is 1.93 bits per heavy atom. The fourth-order valence-electron chi connectivity index (χ4n) is 3.06. The molecule has 0 atom stereocenters. The minimum absolute atomic E-state index is 0.00618. The highest BCUT2D eigenvalue weighted by Crippen LogP contribution is 2.14. The number of aromatic nitrogens is 1. The van der Waals surface area contributed by atoms with Gasteiger partial charge in [-0.05, 0) is 49.0 Å². The lowest BCUT2D eigenvalue weighted by Gasteiger charge is -2.34. The highest BCUT2D eigenvalue weighted by Gasteiger charge is 2.27. The van der Waals surface area contributed by atoms with Gasteiger partial charge in [0.2, 0.25) is 10.0 Å². The van der Waals surface area contributed by atoms with E-state index in [9.17, 15) is 8.42 Å². The van der Waals surface area contributed by atoms with Gasteiger partial charge in [0.1, 0.15) is 5.82 Å². The number of benzene rings is 1. The molecule has 0 radical (unpaired) electrons. The van der Waals surface area contributed by atoms with Gasteiger partial charge < -0.3 is 15.5 Å². The van der Waals surface area contributed by atoms with Crippen LogP contribution in [0.25, 0.3) is 0 Å². The second-order valence-corrected chi connectivity index (χ2v) is 9.14. The van der Waals surface area contributed by atoms with Gasteiger partial charge in [0, 0.05) is 44.6 Å². The molecule has 150 valence electrons. The Bertz CT molecular complexity index is 898. The number of anilines is 2. The molecule has 0 aliphatic carbocycles. The number of nitrogens with one attached hydrogen (secondary N) is 2. The highest BCUT2D eigenvalue weighted by molar-refractivity contribution is 7.89. The summed E-state index contributed by atoms with van der Waals surface area (Å²) in [4.78, 5) is 6.43. The van der Waals surface area contributed by atoms with Crippen molar-refractivity contribution in [1.82, 2.24) is 14.6 Å². The van der Waals surface area contributed by atoms with Crippen LogP contribution in [0.15, 0.2) is 48.7 Å². The van der Waals surface area contributed by atoms with E-state index in [1.807, 2.05) is 49.4 Å². The van der Waals surface area contributed by atoms with Gasteiger partial charge in [-0.15, -0.1) is 0 Å². The van der Waals surface area contributed by atoms with Crippen molar-refractivity contribution in [3.63, 3.8) is 0 Å². The Hall–Kier alpha value is -2.23. The predicted molar refractivity (Wildman–Crippen MR) is 117 cm³/mol. The van der Waals surface area contributed by atoms with E-state index in [-0.39, 0.29) is 12.3 Å². The summed E-state index contributed by atoms with van der Waals surface area (Å²) in [6.45, 7) is 4.46. The molecular weight excluding hydrogens is 394 g/mol. The standard InChI is InChI=1S/C19H25N5O2S2/c1-16-5-4-6-17(15-16)22-19(27)21-9-14-28(25,26)24-12-10-23(11-13-24)18-7-2-3-8-20-18/h2-8,15H,9-14H2,1H3,(H2,21,22,27). The Labute approximate surface area is 171 Å². The van der Waals surface area contributed by atoms with Gasteiger partial charge in [-0.2, -0.15) is 4.31 Å². The molecule has 1 aliphatic rings. The van der Waals surface area contributed by atoms with Crippen molar-refractivity contribution in [2.24, 2.45) is 0 Å². The second kappa shape index (κ2) is 9.31. The summed E-state index contributed by atoms with van der Waals surface area (Å²) in [6.07, 6.45) is 1.75. The smallest absolute Gasteiger partial charge is 0.215 e. The van der Waals surface area contributed by atoms with Crippen LogP contribution < -0.4 is 15.5 Å². The Kier molecular flexibility index (Phi) is 6.82. The number of pyridine rings is 1. The zero-order valence-corrected chi connectivity index (χ0v) is 17.5. The lowest BCUT2D eigenvalue weighted by Crippen LogP contribution is -2.50. The minimum atomic E-state index is -3.33. The first-order valence-corrected chi connectivity index (χ1v) is 11.2. The maximum Gasteiger partial charge on any atom is 0.215 e. The first-order valence-electron chi connectivity index (χ1n) is 9.19. The molecule has 1 fully saturated rings. The summed E-state index contributed by atoms with van der Waals surface area (Å²) < 4.78 is 26.7. The van der Waals surface area contributed by atoms with Crippen LogP contribution in [0.4, 0.5) is 11.5 Å². The van der Waals surface area contributed by atoms with E-state index in [4.69, 9.17) is 12.2 Å². The van der Waals surface area contributed by atoms with Crippen LogP contribution in [0.2, 0.25) is 0 Å². The molecule has 0 unspecified atom stereocenters. The molecule has 0 bridgehead atoms. The molecule has 0 saturated carbocycles. The van der Waals surface area contributed by atoms with Gasteiger partial charge >= 0.3 is 0 Å². The Balaban J connectivity index is 1.43.